The third-order valence-electron chi connectivity index (χ3n) is 5.18. The quantitative estimate of drug-likeness (QED) is 0.471. The molecule has 0 bridgehead atoms. The number of aromatic nitrogens is 3. The van der Waals surface area contributed by atoms with Crippen molar-refractivity contribution in [3.8, 4) is 11.6 Å². The molecule has 0 amide bonds. The molecule has 3 aromatic rings. The molecular formula is C20H22FN5O2S. The summed E-state index contributed by atoms with van der Waals surface area (Å²) in [6.07, 6.45) is 1.61. The van der Waals surface area contributed by atoms with Crippen LogP contribution in [0.3, 0.4) is 0 Å². The van der Waals surface area contributed by atoms with E-state index in [-0.39, 0.29) is 11.6 Å². The first-order valence-electron chi connectivity index (χ1n) is 9.39. The Morgan fingerprint density at radius 2 is 2.00 bits per heavy atom. The number of hydrogen-bond donors (Lipinski definition) is 0. The molecule has 7 nitrogen and oxygen atoms in total. The highest BCUT2D eigenvalue weighted by atomic mass is 32.1. The summed E-state index contributed by atoms with van der Waals surface area (Å²) in [6, 6.07) is 8.35. The van der Waals surface area contributed by atoms with Gasteiger partial charge in [-0.2, -0.15) is 0 Å². The number of carbonyl (C=O) groups excluding carboxylic acids is 1. The molecule has 0 unspecified atom stereocenters. The van der Waals surface area contributed by atoms with Gasteiger partial charge in [-0.25, -0.2) is 9.07 Å². The average molecular weight is 415 g/mol. The smallest absolute Gasteiger partial charge is 0.199 e. The minimum Gasteiger partial charge on any atom is -0.461 e. The van der Waals surface area contributed by atoms with Crippen LogP contribution in [-0.4, -0.2) is 51.2 Å². The molecule has 1 saturated heterocycles. The molecule has 152 valence electrons. The summed E-state index contributed by atoms with van der Waals surface area (Å²) in [5, 5.41) is 4.60. The number of rotatable bonds is 5. The number of anilines is 1. The number of ketones is 1. The molecule has 2 aromatic heterocycles. The van der Waals surface area contributed by atoms with E-state index in [0.717, 1.165) is 13.1 Å². The summed E-state index contributed by atoms with van der Waals surface area (Å²) < 4.78 is 24.1. The number of Topliss-reactive ketones (excluding diaryl/α,β-unsaturated/α-hetero) is 1. The zero-order valence-corrected chi connectivity index (χ0v) is 17.2. The molecular weight excluding hydrogens is 393 g/mol. The van der Waals surface area contributed by atoms with E-state index >= 15 is 0 Å². The number of furan rings is 1. The normalized spacial score (nSPS) is 15.1. The van der Waals surface area contributed by atoms with Gasteiger partial charge in [0.15, 0.2) is 22.1 Å². The lowest BCUT2D eigenvalue weighted by atomic mass is 10.1. The van der Waals surface area contributed by atoms with E-state index < -0.39 is 0 Å². The maximum Gasteiger partial charge on any atom is 0.199 e. The van der Waals surface area contributed by atoms with Crippen LogP contribution in [0.5, 0.6) is 0 Å². The molecule has 4 rings (SSSR count). The number of nitrogens with zero attached hydrogens (tertiary/aromatic N) is 5. The zero-order valence-electron chi connectivity index (χ0n) is 16.3. The minimum atomic E-state index is -0.360. The van der Waals surface area contributed by atoms with Crippen LogP contribution in [-0.2, 0) is 13.7 Å². The van der Waals surface area contributed by atoms with Gasteiger partial charge in [-0.1, -0.05) is 0 Å². The third-order valence-corrected chi connectivity index (χ3v) is 5.67. The summed E-state index contributed by atoms with van der Waals surface area (Å²) in [5.74, 6) is 0.861. The molecule has 3 heterocycles. The topological polar surface area (TPSA) is 59.4 Å². The Labute approximate surface area is 172 Å². The lowest BCUT2D eigenvalue weighted by Gasteiger charge is -2.36. The lowest BCUT2D eigenvalue weighted by Crippen LogP contribution is -2.47. The van der Waals surface area contributed by atoms with Gasteiger partial charge in [-0.3, -0.25) is 9.69 Å². The van der Waals surface area contributed by atoms with Crippen LogP contribution in [0.2, 0.25) is 0 Å². The van der Waals surface area contributed by atoms with Gasteiger partial charge in [0.1, 0.15) is 5.82 Å². The monoisotopic (exact) mass is 415 g/mol. The number of hydrogen-bond acceptors (Lipinski definition) is 6. The Morgan fingerprint density at radius 1 is 1.24 bits per heavy atom. The minimum absolute atomic E-state index is 0.138. The van der Waals surface area contributed by atoms with Crippen LogP contribution < -0.4 is 4.90 Å². The fraction of sp³-hybridized carbons (Fsp3) is 0.350. The van der Waals surface area contributed by atoms with Gasteiger partial charge in [0.2, 0.25) is 0 Å². The second-order valence-electron chi connectivity index (χ2n) is 7.11. The number of piperazine rings is 1. The Bertz CT molecular complexity index is 1080. The molecule has 1 aromatic carbocycles. The molecule has 1 fully saturated rings. The largest absolute Gasteiger partial charge is 0.461 e. The highest BCUT2D eigenvalue weighted by Crippen LogP contribution is 2.23. The van der Waals surface area contributed by atoms with E-state index in [1.165, 1.54) is 13.0 Å². The van der Waals surface area contributed by atoms with Gasteiger partial charge in [-0.05, 0) is 49.5 Å². The standard InChI is InChI=1S/C20H22FN5O2S/c1-14(27)15-5-6-17(16(21)12-15)25-9-7-24(8-10-25)13-26-20(29)23(2)19(22-26)18-4-3-11-28-18/h3-6,11-12H,7-10,13H2,1-2H3. The summed E-state index contributed by atoms with van der Waals surface area (Å²) in [4.78, 5) is 15.6. The first-order valence-corrected chi connectivity index (χ1v) is 9.80. The van der Waals surface area contributed by atoms with Crippen LogP contribution >= 0.6 is 12.2 Å². The molecule has 0 radical (unpaired) electrons. The van der Waals surface area contributed by atoms with Crippen LogP contribution in [0.15, 0.2) is 41.0 Å². The van der Waals surface area contributed by atoms with E-state index in [9.17, 15) is 9.18 Å². The maximum absolute atomic E-state index is 14.4. The van der Waals surface area contributed by atoms with Gasteiger partial charge >= 0.3 is 0 Å². The third kappa shape index (κ3) is 3.88. The van der Waals surface area contributed by atoms with E-state index in [0.29, 0.717) is 47.4 Å². The van der Waals surface area contributed by atoms with Crippen LogP contribution in [0, 0.1) is 10.6 Å². The first-order chi connectivity index (χ1) is 13.9. The molecule has 0 atom stereocenters. The maximum atomic E-state index is 14.4. The second-order valence-corrected chi connectivity index (χ2v) is 7.48. The molecule has 0 aliphatic carbocycles. The number of halogens is 1. The van der Waals surface area contributed by atoms with Crippen molar-refractivity contribution in [1.82, 2.24) is 19.2 Å². The van der Waals surface area contributed by atoms with Crippen LogP contribution in [0.4, 0.5) is 10.1 Å². The van der Waals surface area contributed by atoms with Crippen molar-refractivity contribution in [2.24, 2.45) is 7.05 Å². The summed E-state index contributed by atoms with van der Waals surface area (Å²) >= 11 is 5.51. The Balaban J connectivity index is 1.43. The van der Waals surface area contributed by atoms with Crippen LogP contribution in [0.25, 0.3) is 11.6 Å². The van der Waals surface area contributed by atoms with E-state index in [1.54, 1.807) is 23.1 Å². The van der Waals surface area contributed by atoms with E-state index in [1.807, 2.05) is 28.6 Å². The Kier molecular flexibility index (Phi) is 5.33. The summed E-state index contributed by atoms with van der Waals surface area (Å²) in [5.41, 5.74) is 0.922. The molecule has 9 heteroatoms. The van der Waals surface area contributed by atoms with Gasteiger partial charge in [0.25, 0.3) is 0 Å². The molecule has 1 aliphatic rings. The molecule has 0 saturated carbocycles. The van der Waals surface area contributed by atoms with E-state index in [4.69, 9.17) is 16.6 Å². The number of carbonyl (C=O) groups is 1. The van der Waals surface area contributed by atoms with Crippen molar-refractivity contribution in [3.05, 3.63) is 52.7 Å². The Hall–Kier alpha value is -2.78. The van der Waals surface area contributed by atoms with Gasteiger partial charge in [0.05, 0.1) is 18.6 Å². The first kappa shape index (κ1) is 19.5. The van der Waals surface area contributed by atoms with Gasteiger partial charge < -0.3 is 13.9 Å². The average Bonchev–Trinajstić information content (AvgIpc) is 3.33. The highest BCUT2D eigenvalue weighted by Gasteiger charge is 2.21. The second kappa shape index (κ2) is 7.92. The van der Waals surface area contributed by atoms with Crippen LogP contribution in [0.1, 0.15) is 17.3 Å². The fourth-order valence-electron chi connectivity index (χ4n) is 3.50. The summed E-state index contributed by atoms with van der Waals surface area (Å²) in [6.45, 7) is 4.87. The molecule has 1 aliphatic heterocycles. The molecule has 0 N–H and O–H groups in total. The van der Waals surface area contributed by atoms with Crippen molar-refractivity contribution < 1.29 is 13.6 Å². The van der Waals surface area contributed by atoms with Gasteiger partial charge in [-0.15, -0.1) is 5.10 Å². The number of benzene rings is 1. The predicted octanol–water partition coefficient (Wildman–Crippen LogP) is 3.33. The SMILES string of the molecule is CC(=O)c1ccc(N2CCN(Cn3nc(-c4ccco4)n(C)c3=S)CC2)c(F)c1. The highest BCUT2D eigenvalue weighted by molar-refractivity contribution is 7.71. The Morgan fingerprint density at radius 3 is 2.62 bits per heavy atom. The van der Waals surface area contributed by atoms with E-state index in [2.05, 4.69) is 10.00 Å². The van der Waals surface area contributed by atoms with Crippen molar-refractivity contribution in [3.63, 3.8) is 0 Å². The van der Waals surface area contributed by atoms with Crippen molar-refractivity contribution in [1.29, 1.82) is 0 Å². The van der Waals surface area contributed by atoms with Gasteiger partial charge in [0, 0.05) is 38.8 Å². The van der Waals surface area contributed by atoms with Crippen molar-refractivity contribution in [2.45, 2.75) is 13.6 Å². The molecule has 29 heavy (non-hydrogen) atoms. The predicted molar refractivity (Wildman–Crippen MR) is 110 cm³/mol. The fourth-order valence-corrected chi connectivity index (χ4v) is 3.69. The summed E-state index contributed by atoms with van der Waals surface area (Å²) in [7, 11) is 1.87. The lowest BCUT2D eigenvalue weighted by molar-refractivity contribution is 0.101. The molecule has 0 spiro atoms. The van der Waals surface area contributed by atoms with Crippen molar-refractivity contribution >= 4 is 23.7 Å². The van der Waals surface area contributed by atoms with Crippen molar-refractivity contribution in [2.75, 3.05) is 31.1 Å². The zero-order chi connectivity index (χ0) is 20.5.